The Balaban J connectivity index is 2.51. The highest BCUT2D eigenvalue weighted by Gasteiger charge is 2.05. The minimum atomic E-state index is -0.308. The molecule has 88 valence electrons. The maximum absolute atomic E-state index is 10.7. The molecule has 0 heterocycles. The SMILES string of the molecule is CC(CC(N)=O)Nc1ccc(CCO)cc1. The van der Waals surface area contributed by atoms with Gasteiger partial charge in [-0.2, -0.15) is 0 Å². The summed E-state index contributed by atoms with van der Waals surface area (Å²) in [6.45, 7) is 2.07. The fourth-order valence-corrected chi connectivity index (χ4v) is 1.53. The number of rotatable bonds is 6. The van der Waals surface area contributed by atoms with Crippen LogP contribution in [0, 0.1) is 0 Å². The molecule has 1 aromatic carbocycles. The number of primary amides is 1. The van der Waals surface area contributed by atoms with Crippen LogP contribution in [0.1, 0.15) is 18.9 Å². The molecule has 4 nitrogen and oxygen atoms in total. The number of carbonyl (C=O) groups is 1. The first-order valence-electron chi connectivity index (χ1n) is 5.36. The fraction of sp³-hybridized carbons (Fsp3) is 0.417. The average Bonchev–Trinajstić information content (AvgIpc) is 2.20. The molecule has 1 unspecified atom stereocenters. The number of aliphatic hydroxyl groups is 1. The van der Waals surface area contributed by atoms with E-state index in [4.69, 9.17) is 10.8 Å². The summed E-state index contributed by atoms with van der Waals surface area (Å²) < 4.78 is 0. The van der Waals surface area contributed by atoms with Gasteiger partial charge in [0.15, 0.2) is 0 Å². The second-order valence-corrected chi connectivity index (χ2v) is 3.89. The standard InChI is InChI=1S/C12H18N2O2/c1-9(8-12(13)16)14-11-4-2-10(3-5-11)6-7-15/h2-5,9,14-15H,6-8H2,1H3,(H2,13,16). The molecule has 0 fully saturated rings. The zero-order valence-corrected chi connectivity index (χ0v) is 9.44. The third-order valence-corrected chi connectivity index (χ3v) is 2.27. The number of nitrogens with two attached hydrogens (primary N) is 1. The van der Waals surface area contributed by atoms with Crippen molar-refractivity contribution in [1.29, 1.82) is 0 Å². The number of aliphatic hydroxyl groups excluding tert-OH is 1. The van der Waals surface area contributed by atoms with Crippen LogP contribution in [-0.4, -0.2) is 23.7 Å². The number of anilines is 1. The molecule has 0 radical (unpaired) electrons. The molecule has 0 aliphatic rings. The predicted molar refractivity (Wildman–Crippen MR) is 64.1 cm³/mol. The van der Waals surface area contributed by atoms with Gasteiger partial charge in [-0.1, -0.05) is 12.1 Å². The van der Waals surface area contributed by atoms with Gasteiger partial charge in [0.25, 0.3) is 0 Å². The van der Waals surface area contributed by atoms with E-state index in [-0.39, 0.29) is 18.6 Å². The third kappa shape index (κ3) is 4.31. The quantitative estimate of drug-likeness (QED) is 0.669. The Bertz CT molecular complexity index is 335. The zero-order chi connectivity index (χ0) is 12.0. The molecule has 4 heteroatoms. The molecule has 16 heavy (non-hydrogen) atoms. The fourth-order valence-electron chi connectivity index (χ4n) is 1.53. The van der Waals surface area contributed by atoms with E-state index in [1.807, 2.05) is 31.2 Å². The number of hydrogen-bond acceptors (Lipinski definition) is 3. The first kappa shape index (κ1) is 12.5. The molecule has 0 saturated heterocycles. The van der Waals surface area contributed by atoms with Gasteiger partial charge in [0.1, 0.15) is 0 Å². The molecular formula is C12H18N2O2. The van der Waals surface area contributed by atoms with E-state index >= 15 is 0 Å². The first-order chi connectivity index (χ1) is 7.61. The predicted octanol–water partition coefficient (Wildman–Crippen LogP) is 0.897. The summed E-state index contributed by atoms with van der Waals surface area (Å²) >= 11 is 0. The van der Waals surface area contributed by atoms with Gasteiger partial charge in [-0.05, 0) is 31.0 Å². The van der Waals surface area contributed by atoms with Crippen molar-refractivity contribution in [2.45, 2.75) is 25.8 Å². The summed E-state index contributed by atoms with van der Waals surface area (Å²) in [6.07, 6.45) is 0.982. The van der Waals surface area contributed by atoms with Crippen LogP contribution in [0.5, 0.6) is 0 Å². The van der Waals surface area contributed by atoms with E-state index in [1.165, 1.54) is 0 Å². The molecule has 0 aliphatic heterocycles. The minimum Gasteiger partial charge on any atom is -0.396 e. The molecule has 1 amide bonds. The molecular weight excluding hydrogens is 204 g/mol. The smallest absolute Gasteiger partial charge is 0.219 e. The van der Waals surface area contributed by atoms with E-state index < -0.39 is 0 Å². The van der Waals surface area contributed by atoms with Gasteiger partial charge in [0.05, 0.1) is 0 Å². The molecule has 1 atom stereocenters. The highest BCUT2D eigenvalue weighted by Crippen LogP contribution is 2.11. The summed E-state index contributed by atoms with van der Waals surface area (Å²) in [5, 5.41) is 11.9. The summed E-state index contributed by atoms with van der Waals surface area (Å²) in [7, 11) is 0. The van der Waals surface area contributed by atoms with Crippen LogP contribution < -0.4 is 11.1 Å². The van der Waals surface area contributed by atoms with Crippen LogP contribution in [0.3, 0.4) is 0 Å². The largest absolute Gasteiger partial charge is 0.396 e. The van der Waals surface area contributed by atoms with Crippen LogP contribution in [0.2, 0.25) is 0 Å². The van der Waals surface area contributed by atoms with Crippen molar-refractivity contribution >= 4 is 11.6 Å². The molecule has 0 aliphatic carbocycles. The highest BCUT2D eigenvalue weighted by atomic mass is 16.2. The average molecular weight is 222 g/mol. The number of hydrogen-bond donors (Lipinski definition) is 3. The lowest BCUT2D eigenvalue weighted by molar-refractivity contribution is -0.118. The Morgan fingerprint density at radius 3 is 2.56 bits per heavy atom. The zero-order valence-electron chi connectivity index (χ0n) is 9.44. The molecule has 1 aromatic rings. The second-order valence-electron chi connectivity index (χ2n) is 3.89. The Labute approximate surface area is 95.5 Å². The van der Waals surface area contributed by atoms with Gasteiger partial charge in [-0.25, -0.2) is 0 Å². The van der Waals surface area contributed by atoms with Crippen LogP contribution in [0.25, 0.3) is 0 Å². The van der Waals surface area contributed by atoms with Gasteiger partial charge in [0, 0.05) is 24.8 Å². The van der Waals surface area contributed by atoms with Gasteiger partial charge in [-0.3, -0.25) is 4.79 Å². The van der Waals surface area contributed by atoms with Crippen molar-refractivity contribution in [2.24, 2.45) is 5.73 Å². The normalized spacial score (nSPS) is 12.1. The van der Waals surface area contributed by atoms with Crippen LogP contribution >= 0.6 is 0 Å². The summed E-state index contributed by atoms with van der Waals surface area (Å²) in [4.78, 5) is 10.7. The Hall–Kier alpha value is -1.55. The van der Waals surface area contributed by atoms with E-state index in [0.717, 1.165) is 11.3 Å². The molecule has 0 spiro atoms. The monoisotopic (exact) mass is 222 g/mol. The van der Waals surface area contributed by atoms with Crippen LogP contribution in [-0.2, 0) is 11.2 Å². The number of benzene rings is 1. The summed E-state index contributed by atoms with van der Waals surface area (Å²) in [6, 6.07) is 7.80. The molecule has 1 rings (SSSR count). The lowest BCUT2D eigenvalue weighted by Gasteiger charge is -2.13. The summed E-state index contributed by atoms with van der Waals surface area (Å²) in [5.41, 5.74) is 7.15. The van der Waals surface area contributed by atoms with Gasteiger partial charge in [0.2, 0.25) is 5.91 Å². The minimum absolute atomic E-state index is 0.0289. The van der Waals surface area contributed by atoms with E-state index in [9.17, 15) is 4.79 Å². The van der Waals surface area contributed by atoms with Gasteiger partial charge < -0.3 is 16.2 Å². The molecule has 0 aromatic heterocycles. The maximum Gasteiger partial charge on any atom is 0.219 e. The van der Waals surface area contributed by atoms with E-state index in [1.54, 1.807) is 0 Å². The van der Waals surface area contributed by atoms with Crippen molar-refractivity contribution in [3.63, 3.8) is 0 Å². The topological polar surface area (TPSA) is 75.4 Å². The molecule has 0 saturated carbocycles. The Kier molecular flexibility index (Phi) is 4.79. The van der Waals surface area contributed by atoms with Crippen molar-refractivity contribution in [2.75, 3.05) is 11.9 Å². The van der Waals surface area contributed by atoms with Crippen molar-refractivity contribution in [3.8, 4) is 0 Å². The lowest BCUT2D eigenvalue weighted by atomic mass is 10.1. The maximum atomic E-state index is 10.7. The van der Waals surface area contributed by atoms with Crippen molar-refractivity contribution < 1.29 is 9.90 Å². The Morgan fingerprint density at radius 1 is 1.44 bits per heavy atom. The van der Waals surface area contributed by atoms with Gasteiger partial charge in [-0.15, -0.1) is 0 Å². The second kappa shape index (κ2) is 6.12. The van der Waals surface area contributed by atoms with Gasteiger partial charge >= 0.3 is 0 Å². The van der Waals surface area contributed by atoms with Crippen molar-refractivity contribution in [3.05, 3.63) is 29.8 Å². The number of carbonyl (C=O) groups excluding carboxylic acids is 1. The summed E-state index contributed by atoms with van der Waals surface area (Å²) in [5.74, 6) is -0.308. The lowest BCUT2D eigenvalue weighted by Crippen LogP contribution is -2.23. The highest BCUT2D eigenvalue weighted by molar-refractivity contribution is 5.74. The van der Waals surface area contributed by atoms with E-state index in [0.29, 0.717) is 12.8 Å². The third-order valence-electron chi connectivity index (χ3n) is 2.27. The van der Waals surface area contributed by atoms with Crippen molar-refractivity contribution in [1.82, 2.24) is 0 Å². The first-order valence-corrected chi connectivity index (χ1v) is 5.36. The molecule has 0 bridgehead atoms. The Morgan fingerprint density at radius 2 is 2.06 bits per heavy atom. The number of amides is 1. The van der Waals surface area contributed by atoms with E-state index in [2.05, 4.69) is 5.32 Å². The number of nitrogens with one attached hydrogen (secondary N) is 1. The van der Waals surface area contributed by atoms with Crippen LogP contribution in [0.4, 0.5) is 5.69 Å². The van der Waals surface area contributed by atoms with Crippen LogP contribution in [0.15, 0.2) is 24.3 Å². The molecule has 4 N–H and O–H groups in total.